The SMILES string of the molecule is COc1c(CNCCN2CCCC2)cc(O)c2c1C[C@H]1C[C@H]3[C@H](N(C)C)C(=O)C(C(N)=O)C(=O)[C@@]3(O)C(=O)C1C2=O. The first kappa shape index (κ1) is 29.3. The Kier molecular flexibility index (Phi) is 7.79. The highest BCUT2D eigenvalue weighted by Crippen LogP contribution is 2.52. The third-order valence-electron chi connectivity index (χ3n) is 9.41. The van der Waals surface area contributed by atoms with Gasteiger partial charge in [-0.15, -0.1) is 0 Å². The van der Waals surface area contributed by atoms with Crippen molar-refractivity contribution in [3.8, 4) is 11.5 Å². The smallest absolute Gasteiger partial charge is 0.235 e. The van der Waals surface area contributed by atoms with Crippen LogP contribution in [0.25, 0.3) is 0 Å². The molecule has 0 radical (unpaired) electrons. The summed E-state index contributed by atoms with van der Waals surface area (Å²) in [6.07, 6.45) is 2.55. The number of benzene rings is 1. The number of primary amides is 1. The minimum Gasteiger partial charge on any atom is -0.507 e. The molecule has 1 amide bonds. The molecule has 1 aromatic rings. The lowest BCUT2D eigenvalue weighted by Gasteiger charge is -2.52. The van der Waals surface area contributed by atoms with E-state index in [1.54, 1.807) is 14.1 Å². The number of aromatic hydroxyl groups is 1. The number of phenols is 1. The lowest BCUT2D eigenvalue weighted by molar-refractivity contribution is -0.181. The van der Waals surface area contributed by atoms with Crippen LogP contribution in [0.2, 0.25) is 0 Å². The molecule has 1 saturated heterocycles. The molecule has 1 aliphatic heterocycles. The zero-order valence-corrected chi connectivity index (χ0v) is 23.6. The maximum atomic E-state index is 13.9. The maximum absolute atomic E-state index is 13.9. The van der Waals surface area contributed by atoms with Crippen LogP contribution in [0.5, 0.6) is 11.5 Å². The van der Waals surface area contributed by atoms with Gasteiger partial charge in [0, 0.05) is 36.7 Å². The summed E-state index contributed by atoms with van der Waals surface area (Å²) in [5.74, 6) is -10.2. The average Bonchev–Trinajstić information content (AvgIpc) is 3.42. The van der Waals surface area contributed by atoms with Crippen molar-refractivity contribution in [2.75, 3.05) is 47.4 Å². The molecule has 2 saturated carbocycles. The summed E-state index contributed by atoms with van der Waals surface area (Å²) in [4.78, 5) is 70.3. The number of hydrogen-bond acceptors (Lipinski definition) is 11. The van der Waals surface area contributed by atoms with Crippen LogP contribution >= 0.6 is 0 Å². The third-order valence-corrected chi connectivity index (χ3v) is 9.41. The van der Waals surface area contributed by atoms with Crippen molar-refractivity contribution in [2.45, 2.75) is 43.9 Å². The number of rotatable bonds is 8. The van der Waals surface area contributed by atoms with Gasteiger partial charge in [0.25, 0.3) is 0 Å². The van der Waals surface area contributed by atoms with Gasteiger partial charge in [-0.05, 0) is 64.9 Å². The molecular weight excluding hydrogens is 532 g/mol. The number of ketones is 4. The highest BCUT2D eigenvalue weighted by atomic mass is 16.5. The minimum atomic E-state index is -2.74. The van der Waals surface area contributed by atoms with E-state index in [0.29, 0.717) is 23.4 Å². The normalized spacial score (nSPS) is 31.7. The highest BCUT2D eigenvalue weighted by molar-refractivity contribution is 6.32. The number of nitrogens with two attached hydrogens (primary N) is 1. The van der Waals surface area contributed by atoms with Crippen LogP contribution in [0.1, 0.15) is 40.7 Å². The number of phenolic OH excluding ortho intramolecular Hbond substituents is 1. The van der Waals surface area contributed by atoms with E-state index >= 15 is 0 Å². The molecule has 4 aliphatic rings. The summed E-state index contributed by atoms with van der Waals surface area (Å²) < 4.78 is 5.73. The van der Waals surface area contributed by atoms with E-state index in [9.17, 15) is 34.2 Å². The average molecular weight is 571 g/mol. The predicted molar refractivity (Wildman–Crippen MR) is 145 cm³/mol. The summed E-state index contributed by atoms with van der Waals surface area (Å²) in [6.45, 7) is 4.19. The highest BCUT2D eigenvalue weighted by Gasteiger charge is 2.69. The van der Waals surface area contributed by atoms with E-state index in [2.05, 4.69) is 10.2 Å². The van der Waals surface area contributed by atoms with Gasteiger partial charge in [-0.3, -0.25) is 28.9 Å². The Morgan fingerprint density at radius 2 is 1.88 bits per heavy atom. The molecule has 0 aromatic heterocycles. The number of aliphatic hydroxyl groups is 1. The van der Waals surface area contributed by atoms with Gasteiger partial charge in [0.05, 0.1) is 24.6 Å². The Morgan fingerprint density at radius 1 is 1.20 bits per heavy atom. The molecule has 12 heteroatoms. The zero-order chi connectivity index (χ0) is 29.8. The molecule has 3 fully saturated rings. The summed E-state index contributed by atoms with van der Waals surface area (Å²) in [5, 5.41) is 26.0. The molecule has 1 aromatic carbocycles. The van der Waals surface area contributed by atoms with Crippen LogP contribution in [0.4, 0.5) is 0 Å². The van der Waals surface area contributed by atoms with Crippen molar-refractivity contribution in [1.82, 2.24) is 15.1 Å². The second-order valence-corrected chi connectivity index (χ2v) is 12.0. The molecule has 41 heavy (non-hydrogen) atoms. The van der Waals surface area contributed by atoms with Crippen molar-refractivity contribution < 1.29 is 38.9 Å². The minimum absolute atomic E-state index is 0.00781. The topological polar surface area (TPSA) is 180 Å². The molecule has 1 heterocycles. The number of methoxy groups -OCH3 is 1. The number of ether oxygens (including phenoxy) is 1. The van der Waals surface area contributed by atoms with Crippen molar-refractivity contribution >= 4 is 29.0 Å². The molecule has 0 spiro atoms. The van der Waals surface area contributed by atoms with Crippen molar-refractivity contribution in [3.63, 3.8) is 0 Å². The summed E-state index contributed by atoms with van der Waals surface area (Å²) >= 11 is 0. The van der Waals surface area contributed by atoms with Crippen LogP contribution in [0.3, 0.4) is 0 Å². The molecule has 5 N–H and O–H groups in total. The van der Waals surface area contributed by atoms with Gasteiger partial charge in [-0.25, -0.2) is 0 Å². The number of nitrogens with zero attached hydrogens (tertiary/aromatic N) is 2. The Hall–Kier alpha value is -3.19. The Labute approximate surface area is 238 Å². The summed E-state index contributed by atoms with van der Waals surface area (Å²) in [6, 6.07) is 0.303. The predicted octanol–water partition coefficient (Wildman–Crippen LogP) is -0.939. The lowest BCUT2D eigenvalue weighted by atomic mass is 9.52. The van der Waals surface area contributed by atoms with Gasteiger partial charge in [0.2, 0.25) is 5.91 Å². The van der Waals surface area contributed by atoms with Crippen molar-refractivity contribution in [3.05, 3.63) is 22.8 Å². The molecule has 5 rings (SSSR count). The van der Waals surface area contributed by atoms with Crippen LogP contribution in [0, 0.1) is 23.7 Å². The summed E-state index contributed by atoms with van der Waals surface area (Å²) in [7, 11) is 4.59. The first-order chi connectivity index (χ1) is 19.4. The number of amides is 1. The van der Waals surface area contributed by atoms with Crippen LogP contribution in [-0.4, -0.2) is 108 Å². The molecule has 0 bridgehead atoms. The number of likely N-dealkylation sites (N-methyl/N-ethyl adjacent to an activating group) is 1. The molecule has 222 valence electrons. The lowest BCUT2D eigenvalue weighted by Crippen LogP contribution is -2.74. The Bertz CT molecular complexity index is 1310. The zero-order valence-electron chi connectivity index (χ0n) is 23.6. The number of carbonyl (C=O) groups is 5. The fraction of sp³-hybridized carbons (Fsp3) is 0.621. The fourth-order valence-corrected chi connectivity index (χ4v) is 7.57. The van der Waals surface area contributed by atoms with Gasteiger partial charge in [-0.2, -0.15) is 0 Å². The van der Waals surface area contributed by atoms with E-state index in [0.717, 1.165) is 26.2 Å². The van der Waals surface area contributed by atoms with Gasteiger partial charge in [-0.1, -0.05) is 0 Å². The van der Waals surface area contributed by atoms with Crippen LogP contribution < -0.4 is 15.8 Å². The number of hydrogen-bond donors (Lipinski definition) is 4. The van der Waals surface area contributed by atoms with E-state index in [4.69, 9.17) is 10.5 Å². The number of Topliss-reactive ketones (excluding diaryl/α,β-unsaturated/α-hetero) is 4. The molecule has 2 unspecified atom stereocenters. The summed E-state index contributed by atoms with van der Waals surface area (Å²) in [5.41, 5.74) is 3.66. The fourth-order valence-electron chi connectivity index (χ4n) is 7.57. The number of likely N-dealkylation sites (tertiary alicyclic amines) is 1. The Balaban J connectivity index is 1.48. The van der Waals surface area contributed by atoms with Crippen LogP contribution in [0.15, 0.2) is 6.07 Å². The Morgan fingerprint density at radius 3 is 2.49 bits per heavy atom. The number of carbonyl (C=O) groups excluding carboxylic acids is 5. The maximum Gasteiger partial charge on any atom is 0.235 e. The monoisotopic (exact) mass is 570 g/mol. The van der Waals surface area contributed by atoms with E-state index < -0.39 is 64.4 Å². The van der Waals surface area contributed by atoms with E-state index in [1.807, 2.05) is 0 Å². The van der Waals surface area contributed by atoms with E-state index in [-0.39, 0.29) is 24.2 Å². The molecule has 6 atom stereocenters. The largest absolute Gasteiger partial charge is 0.507 e. The number of nitrogens with one attached hydrogen (secondary N) is 1. The molecular formula is C29H38N4O8. The second kappa shape index (κ2) is 10.9. The van der Waals surface area contributed by atoms with Crippen molar-refractivity contribution in [2.24, 2.45) is 29.4 Å². The first-order valence-corrected chi connectivity index (χ1v) is 14.1. The van der Waals surface area contributed by atoms with Gasteiger partial charge in [0.1, 0.15) is 11.5 Å². The molecule has 3 aliphatic carbocycles. The third kappa shape index (κ3) is 4.57. The van der Waals surface area contributed by atoms with Gasteiger partial charge in [0.15, 0.2) is 34.7 Å². The first-order valence-electron chi connectivity index (χ1n) is 14.1. The van der Waals surface area contributed by atoms with Gasteiger partial charge < -0.3 is 30.9 Å². The second-order valence-electron chi connectivity index (χ2n) is 12.0. The van der Waals surface area contributed by atoms with Crippen molar-refractivity contribution in [1.29, 1.82) is 0 Å². The van der Waals surface area contributed by atoms with Gasteiger partial charge >= 0.3 is 0 Å². The number of fused-ring (bicyclic) bond motifs is 3. The molecule has 12 nitrogen and oxygen atoms in total. The quantitative estimate of drug-likeness (QED) is 0.224. The van der Waals surface area contributed by atoms with Crippen LogP contribution in [-0.2, 0) is 32.1 Å². The standard InChI is InChI=1S/C29H38N4O8/c1-32(2)22-17-11-14-10-16-20(18(34)12-15(25(16)41-3)13-31-6-9-33-7-4-5-8-33)23(35)19(14)26(37)29(17,40)27(38)21(24(22)36)28(30)39/h12,14,17,19,21-22,31,34,40H,4-11,13H2,1-3H3,(H2,30,39)/t14-,17-,19?,21?,22-,29-/m0/s1. The van der Waals surface area contributed by atoms with E-state index in [1.165, 1.54) is 30.9 Å².